The molecule has 5 nitrogen and oxygen atoms in total. The number of rotatable bonds is 5. The van der Waals surface area contributed by atoms with Gasteiger partial charge in [-0.2, -0.15) is 0 Å². The standard InChI is InChI=1S/C16H20F2N4O.HI/c1-10-11(2)23-15(22-10)9-21-16(19-3)20-7-6-12-8-13(17)4-5-14(12)18;/h4-5,8H,6-7,9H2,1-3H3,(H2,19,20,21);1H. The monoisotopic (exact) mass is 450 g/mol. The number of aromatic nitrogens is 1. The van der Waals surface area contributed by atoms with Crippen LogP contribution < -0.4 is 10.6 Å². The van der Waals surface area contributed by atoms with Gasteiger partial charge >= 0.3 is 0 Å². The van der Waals surface area contributed by atoms with E-state index < -0.39 is 11.6 Å². The summed E-state index contributed by atoms with van der Waals surface area (Å²) in [4.78, 5) is 8.32. The normalized spacial score (nSPS) is 11.1. The number of oxazole rings is 1. The van der Waals surface area contributed by atoms with Crippen molar-refractivity contribution in [1.29, 1.82) is 0 Å². The first-order valence-electron chi connectivity index (χ1n) is 7.31. The van der Waals surface area contributed by atoms with Gasteiger partial charge in [0.15, 0.2) is 5.96 Å². The molecular formula is C16H21F2IN4O. The average molecular weight is 450 g/mol. The summed E-state index contributed by atoms with van der Waals surface area (Å²) in [6.45, 7) is 4.54. The highest BCUT2D eigenvalue weighted by Crippen LogP contribution is 2.10. The van der Waals surface area contributed by atoms with Crippen LogP contribution in [0.2, 0.25) is 0 Å². The molecule has 0 unspecified atom stereocenters. The van der Waals surface area contributed by atoms with Gasteiger partial charge in [-0.1, -0.05) is 0 Å². The van der Waals surface area contributed by atoms with Gasteiger partial charge in [0.1, 0.15) is 17.4 Å². The summed E-state index contributed by atoms with van der Waals surface area (Å²) in [5.41, 5.74) is 1.18. The molecule has 0 aliphatic carbocycles. The minimum Gasteiger partial charge on any atom is -0.444 e. The number of guanidine groups is 1. The maximum absolute atomic E-state index is 13.5. The van der Waals surface area contributed by atoms with Crippen molar-refractivity contribution in [3.63, 3.8) is 0 Å². The molecule has 24 heavy (non-hydrogen) atoms. The molecule has 2 aromatic rings. The van der Waals surface area contributed by atoms with Crippen LogP contribution in [0.5, 0.6) is 0 Å². The lowest BCUT2D eigenvalue weighted by Gasteiger charge is -2.11. The third kappa shape index (κ3) is 5.73. The van der Waals surface area contributed by atoms with Gasteiger partial charge in [0.2, 0.25) is 5.89 Å². The molecule has 0 atom stereocenters. The van der Waals surface area contributed by atoms with Gasteiger partial charge in [-0.3, -0.25) is 4.99 Å². The topological polar surface area (TPSA) is 62.5 Å². The molecule has 1 aromatic heterocycles. The van der Waals surface area contributed by atoms with Crippen LogP contribution in [0.25, 0.3) is 0 Å². The molecule has 0 saturated heterocycles. The molecule has 0 aliphatic rings. The molecule has 2 rings (SSSR count). The van der Waals surface area contributed by atoms with Crippen LogP contribution in [0.4, 0.5) is 8.78 Å². The molecule has 0 saturated carbocycles. The number of hydrogen-bond donors (Lipinski definition) is 2. The van der Waals surface area contributed by atoms with Gasteiger partial charge in [-0.05, 0) is 44.0 Å². The van der Waals surface area contributed by atoms with Crippen LogP contribution in [0, 0.1) is 25.5 Å². The molecular weight excluding hydrogens is 429 g/mol. The van der Waals surface area contributed by atoms with Crippen molar-refractivity contribution in [3.8, 4) is 0 Å². The number of nitrogens with zero attached hydrogens (tertiary/aromatic N) is 2. The van der Waals surface area contributed by atoms with Gasteiger partial charge in [0.25, 0.3) is 0 Å². The first-order valence-corrected chi connectivity index (χ1v) is 7.31. The average Bonchev–Trinajstić information content (AvgIpc) is 2.84. The van der Waals surface area contributed by atoms with Gasteiger partial charge < -0.3 is 15.1 Å². The lowest BCUT2D eigenvalue weighted by molar-refractivity contribution is 0.463. The summed E-state index contributed by atoms with van der Waals surface area (Å²) in [6.07, 6.45) is 0.349. The van der Waals surface area contributed by atoms with Gasteiger partial charge in [0.05, 0.1) is 12.2 Å². The third-order valence-corrected chi connectivity index (χ3v) is 3.40. The largest absolute Gasteiger partial charge is 0.444 e. The van der Waals surface area contributed by atoms with E-state index in [2.05, 4.69) is 20.6 Å². The Labute approximate surface area is 157 Å². The Balaban J connectivity index is 0.00000288. The van der Waals surface area contributed by atoms with Crippen LogP contribution in [-0.4, -0.2) is 24.5 Å². The zero-order valence-corrected chi connectivity index (χ0v) is 16.2. The lowest BCUT2D eigenvalue weighted by atomic mass is 10.1. The van der Waals surface area contributed by atoms with E-state index in [-0.39, 0.29) is 24.0 Å². The van der Waals surface area contributed by atoms with E-state index >= 15 is 0 Å². The van der Waals surface area contributed by atoms with Crippen LogP contribution >= 0.6 is 24.0 Å². The third-order valence-electron chi connectivity index (χ3n) is 3.40. The second-order valence-electron chi connectivity index (χ2n) is 5.09. The van der Waals surface area contributed by atoms with E-state index in [1.54, 1.807) is 7.05 Å². The Kier molecular flexibility index (Phi) is 8.09. The van der Waals surface area contributed by atoms with E-state index in [4.69, 9.17) is 4.42 Å². The minimum atomic E-state index is -0.446. The molecule has 0 bridgehead atoms. The Morgan fingerprint density at radius 2 is 2.00 bits per heavy atom. The molecule has 0 fully saturated rings. The Morgan fingerprint density at radius 1 is 1.25 bits per heavy atom. The SMILES string of the molecule is CN=C(NCCc1cc(F)ccc1F)NCc1nc(C)c(C)o1.I. The molecule has 0 amide bonds. The minimum absolute atomic E-state index is 0. The van der Waals surface area contributed by atoms with Crippen LogP contribution in [0.15, 0.2) is 27.6 Å². The second-order valence-corrected chi connectivity index (χ2v) is 5.09. The number of halogens is 3. The van der Waals surface area contributed by atoms with E-state index in [1.807, 2.05) is 13.8 Å². The summed E-state index contributed by atoms with van der Waals surface area (Å²) in [5.74, 6) is 1.03. The highest BCUT2D eigenvalue weighted by atomic mass is 127. The van der Waals surface area contributed by atoms with E-state index in [9.17, 15) is 8.78 Å². The van der Waals surface area contributed by atoms with E-state index in [0.29, 0.717) is 36.9 Å². The zero-order chi connectivity index (χ0) is 16.8. The number of aryl methyl sites for hydroxylation is 2. The molecule has 8 heteroatoms. The Hall–Kier alpha value is -1.71. The predicted molar refractivity (Wildman–Crippen MR) is 99.7 cm³/mol. The van der Waals surface area contributed by atoms with Gasteiger partial charge in [-0.25, -0.2) is 13.8 Å². The maximum Gasteiger partial charge on any atom is 0.214 e. The van der Waals surface area contributed by atoms with Crippen molar-refractivity contribution in [2.75, 3.05) is 13.6 Å². The van der Waals surface area contributed by atoms with Crippen LogP contribution in [0.3, 0.4) is 0 Å². The van der Waals surface area contributed by atoms with E-state index in [1.165, 1.54) is 6.07 Å². The predicted octanol–water partition coefficient (Wildman–Crippen LogP) is 3.10. The van der Waals surface area contributed by atoms with Crippen molar-refractivity contribution in [2.45, 2.75) is 26.8 Å². The van der Waals surface area contributed by atoms with E-state index in [0.717, 1.165) is 23.6 Å². The molecule has 0 aliphatic heterocycles. The number of benzene rings is 1. The first kappa shape index (κ1) is 20.3. The molecule has 2 N–H and O–H groups in total. The van der Waals surface area contributed by atoms with Crippen molar-refractivity contribution >= 4 is 29.9 Å². The van der Waals surface area contributed by atoms with Crippen LogP contribution in [0.1, 0.15) is 22.9 Å². The Bertz CT molecular complexity index is 684. The lowest BCUT2D eigenvalue weighted by Crippen LogP contribution is -2.38. The highest BCUT2D eigenvalue weighted by Gasteiger charge is 2.07. The quantitative estimate of drug-likeness (QED) is 0.418. The summed E-state index contributed by atoms with van der Waals surface area (Å²) >= 11 is 0. The smallest absolute Gasteiger partial charge is 0.214 e. The Morgan fingerprint density at radius 3 is 2.62 bits per heavy atom. The molecule has 0 spiro atoms. The highest BCUT2D eigenvalue weighted by molar-refractivity contribution is 14.0. The summed E-state index contributed by atoms with van der Waals surface area (Å²) in [5, 5.41) is 6.09. The fourth-order valence-corrected chi connectivity index (χ4v) is 2.05. The number of aliphatic imine (C=N–C) groups is 1. The summed E-state index contributed by atoms with van der Waals surface area (Å²) < 4.78 is 32.1. The summed E-state index contributed by atoms with van der Waals surface area (Å²) in [6, 6.07) is 3.43. The second kappa shape index (κ2) is 9.55. The zero-order valence-electron chi connectivity index (χ0n) is 13.8. The fourth-order valence-electron chi connectivity index (χ4n) is 2.05. The van der Waals surface area contributed by atoms with Crippen molar-refractivity contribution in [3.05, 3.63) is 52.7 Å². The van der Waals surface area contributed by atoms with Gasteiger partial charge in [0, 0.05) is 13.6 Å². The molecule has 132 valence electrons. The molecule has 1 heterocycles. The first-order chi connectivity index (χ1) is 11.0. The molecule has 0 radical (unpaired) electrons. The number of nitrogens with one attached hydrogen (secondary N) is 2. The summed E-state index contributed by atoms with van der Waals surface area (Å²) in [7, 11) is 1.63. The van der Waals surface area contributed by atoms with Gasteiger partial charge in [-0.15, -0.1) is 24.0 Å². The fraction of sp³-hybridized carbons (Fsp3) is 0.375. The maximum atomic E-state index is 13.5. The van der Waals surface area contributed by atoms with Crippen LogP contribution in [-0.2, 0) is 13.0 Å². The van der Waals surface area contributed by atoms with Crippen molar-refractivity contribution in [2.24, 2.45) is 4.99 Å². The molecule has 1 aromatic carbocycles. The van der Waals surface area contributed by atoms with Crippen molar-refractivity contribution in [1.82, 2.24) is 15.6 Å². The van der Waals surface area contributed by atoms with Crippen molar-refractivity contribution < 1.29 is 13.2 Å². The number of hydrogen-bond acceptors (Lipinski definition) is 3.